The van der Waals surface area contributed by atoms with Crippen LogP contribution in [0, 0.1) is 5.92 Å². The molecule has 6 heteroatoms. The molecular weight excluding hydrogens is 350 g/mol. The molecule has 1 aliphatic rings. The zero-order valence-electron chi connectivity index (χ0n) is 14.9. The molecular formula is C20H25NO4S. The third-order valence-corrected chi connectivity index (χ3v) is 6.23. The molecule has 0 unspecified atom stereocenters. The number of benzene rings is 2. The molecule has 5 nitrogen and oxygen atoms in total. The van der Waals surface area contributed by atoms with Gasteiger partial charge in [0.2, 0.25) is 10.0 Å². The Balaban J connectivity index is 1.61. The van der Waals surface area contributed by atoms with Crippen molar-refractivity contribution >= 4 is 10.0 Å². The predicted molar refractivity (Wildman–Crippen MR) is 102 cm³/mol. The zero-order chi connectivity index (χ0) is 18.6. The van der Waals surface area contributed by atoms with Crippen LogP contribution < -0.4 is 9.46 Å². The Morgan fingerprint density at radius 2 is 1.77 bits per heavy atom. The summed E-state index contributed by atoms with van der Waals surface area (Å²) in [5, 5.41) is 11.1. The molecule has 0 heterocycles. The first-order valence-electron chi connectivity index (χ1n) is 8.81. The first-order chi connectivity index (χ1) is 12.4. The number of ether oxygens (including phenoxy) is 1. The number of sulfonamides is 1. The Morgan fingerprint density at radius 1 is 1.12 bits per heavy atom. The third-order valence-electron chi connectivity index (χ3n) is 4.91. The van der Waals surface area contributed by atoms with Crippen LogP contribution in [0.25, 0.3) is 0 Å². The summed E-state index contributed by atoms with van der Waals surface area (Å²) in [7, 11) is -1.89. The molecule has 0 spiro atoms. The summed E-state index contributed by atoms with van der Waals surface area (Å²) >= 11 is 0. The van der Waals surface area contributed by atoms with Crippen LogP contribution in [0.5, 0.6) is 5.75 Å². The Hall–Kier alpha value is -1.89. The number of nitrogens with one attached hydrogen (secondary N) is 1. The van der Waals surface area contributed by atoms with Gasteiger partial charge in [-0.25, -0.2) is 13.1 Å². The maximum absolute atomic E-state index is 12.4. The van der Waals surface area contributed by atoms with Crippen molar-refractivity contribution in [1.29, 1.82) is 0 Å². The minimum Gasteiger partial charge on any atom is -0.497 e. The highest BCUT2D eigenvalue weighted by Gasteiger charge is 2.45. The SMILES string of the molecule is COc1ccc(CCS(=O)(=O)NC[C@@](O)(c2ccccc2)C2CC2)cc1. The lowest BCUT2D eigenvalue weighted by atomic mass is 9.89. The molecule has 0 bridgehead atoms. The van der Waals surface area contributed by atoms with E-state index >= 15 is 0 Å². The molecule has 2 aromatic rings. The molecule has 1 atom stereocenters. The summed E-state index contributed by atoms with van der Waals surface area (Å²) in [6.07, 6.45) is 2.24. The van der Waals surface area contributed by atoms with E-state index in [2.05, 4.69) is 4.72 Å². The van der Waals surface area contributed by atoms with Crippen molar-refractivity contribution in [2.75, 3.05) is 19.4 Å². The van der Waals surface area contributed by atoms with Crippen LogP contribution in [0.2, 0.25) is 0 Å². The number of hydrogen-bond acceptors (Lipinski definition) is 4. The van der Waals surface area contributed by atoms with Gasteiger partial charge in [-0.2, -0.15) is 0 Å². The Kier molecular flexibility index (Phi) is 5.65. The fourth-order valence-corrected chi connectivity index (χ4v) is 4.20. The summed E-state index contributed by atoms with van der Waals surface area (Å²) in [6, 6.07) is 16.7. The van der Waals surface area contributed by atoms with Gasteiger partial charge in [-0.15, -0.1) is 0 Å². The van der Waals surface area contributed by atoms with E-state index < -0.39 is 15.6 Å². The molecule has 0 aromatic heterocycles. The van der Waals surface area contributed by atoms with E-state index in [-0.39, 0.29) is 18.2 Å². The van der Waals surface area contributed by atoms with Crippen LogP contribution in [-0.2, 0) is 22.0 Å². The van der Waals surface area contributed by atoms with Crippen molar-refractivity contribution in [3.63, 3.8) is 0 Å². The molecule has 0 aliphatic heterocycles. The molecule has 0 radical (unpaired) electrons. The first kappa shape index (κ1) is 18.9. The zero-order valence-corrected chi connectivity index (χ0v) is 15.7. The molecule has 2 N–H and O–H groups in total. The predicted octanol–water partition coefficient (Wildman–Crippen LogP) is 2.45. The lowest BCUT2D eigenvalue weighted by Crippen LogP contribution is -2.43. The van der Waals surface area contributed by atoms with Crippen LogP contribution in [0.3, 0.4) is 0 Å². The normalized spacial score (nSPS) is 16.8. The van der Waals surface area contributed by atoms with E-state index in [4.69, 9.17) is 4.74 Å². The molecule has 0 saturated heterocycles. The van der Waals surface area contributed by atoms with E-state index in [1.165, 1.54) is 0 Å². The third kappa shape index (κ3) is 4.63. The Morgan fingerprint density at radius 3 is 2.35 bits per heavy atom. The van der Waals surface area contributed by atoms with Crippen molar-refractivity contribution < 1.29 is 18.3 Å². The lowest BCUT2D eigenvalue weighted by Gasteiger charge is -2.29. The van der Waals surface area contributed by atoms with Gasteiger partial charge in [0.15, 0.2) is 0 Å². The summed E-state index contributed by atoms with van der Waals surface area (Å²) in [5.74, 6) is 0.829. The average Bonchev–Trinajstić information content (AvgIpc) is 3.51. The first-order valence-corrected chi connectivity index (χ1v) is 10.5. The summed E-state index contributed by atoms with van der Waals surface area (Å²) in [4.78, 5) is 0. The van der Waals surface area contributed by atoms with Gasteiger partial charge in [-0.05, 0) is 48.4 Å². The molecule has 1 saturated carbocycles. The van der Waals surface area contributed by atoms with Gasteiger partial charge >= 0.3 is 0 Å². The highest BCUT2D eigenvalue weighted by atomic mass is 32.2. The van der Waals surface area contributed by atoms with E-state index in [1.54, 1.807) is 7.11 Å². The van der Waals surface area contributed by atoms with E-state index in [0.717, 1.165) is 29.7 Å². The maximum atomic E-state index is 12.4. The van der Waals surface area contributed by atoms with Gasteiger partial charge in [0.05, 0.1) is 12.9 Å². The molecule has 26 heavy (non-hydrogen) atoms. The van der Waals surface area contributed by atoms with Crippen LogP contribution >= 0.6 is 0 Å². The number of rotatable bonds is 9. The summed E-state index contributed by atoms with van der Waals surface area (Å²) in [5.41, 5.74) is 0.547. The van der Waals surface area contributed by atoms with Gasteiger partial charge in [0.1, 0.15) is 11.4 Å². The largest absolute Gasteiger partial charge is 0.497 e. The van der Waals surface area contributed by atoms with Crippen molar-refractivity contribution in [2.45, 2.75) is 24.9 Å². The second-order valence-electron chi connectivity index (χ2n) is 6.80. The number of aliphatic hydroxyl groups is 1. The van der Waals surface area contributed by atoms with Gasteiger partial charge in [0, 0.05) is 6.54 Å². The second kappa shape index (κ2) is 7.78. The maximum Gasteiger partial charge on any atom is 0.212 e. The lowest BCUT2D eigenvalue weighted by molar-refractivity contribution is 0.0185. The molecule has 1 fully saturated rings. The molecule has 1 aliphatic carbocycles. The molecule has 3 rings (SSSR count). The van der Waals surface area contributed by atoms with Crippen LogP contribution in [0.1, 0.15) is 24.0 Å². The van der Waals surface area contributed by atoms with Crippen molar-refractivity contribution in [2.24, 2.45) is 5.92 Å². The van der Waals surface area contributed by atoms with Crippen molar-refractivity contribution in [3.8, 4) is 5.75 Å². The van der Waals surface area contributed by atoms with Crippen molar-refractivity contribution in [3.05, 3.63) is 65.7 Å². The van der Waals surface area contributed by atoms with Gasteiger partial charge in [-0.1, -0.05) is 42.5 Å². The molecule has 140 valence electrons. The van der Waals surface area contributed by atoms with Gasteiger partial charge in [0.25, 0.3) is 0 Å². The second-order valence-corrected chi connectivity index (χ2v) is 8.73. The quantitative estimate of drug-likeness (QED) is 0.706. The minimum absolute atomic E-state index is 0.00657. The monoisotopic (exact) mass is 375 g/mol. The van der Waals surface area contributed by atoms with Gasteiger partial charge < -0.3 is 9.84 Å². The van der Waals surface area contributed by atoms with Crippen LogP contribution in [0.4, 0.5) is 0 Å². The number of aryl methyl sites for hydroxylation is 1. The molecule has 2 aromatic carbocycles. The fourth-order valence-electron chi connectivity index (χ4n) is 3.11. The number of methoxy groups -OCH3 is 1. The standard InChI is InChI=1S/C20H25NO4S/c1-25-19-11-7-16(8-12-19)13-14-26(23,24)21-15-20(22,18-9-10-18)17-5-3-2-4-6-17/h2-8,11-12,18,21-22H,9-10,13-15H2,1H3/t20-/m1/s1. The van der Waals surface area contributed by atoms with E-state index in [0.29, 0.717) is 6.42 Å². The number of hydrogen-bond donors (Lipinski definition) is 2. The van der Waals surface area contributed by atoms with Crippen molar-refractivity contribution in [1.82, 2.24) is 4.72 Å². The van der Waals surface area contributed by atoms with E-state index in [9.17, 15) is 13.5 Å². The Bertz CT molecular complexity index is 817. The Labute approximate surface area is 155 Å². The average molecular weight is 375 g/mol. The summed E-state index contributed by atoms with van der Waals surface area (Å²) < 4.78 is 32.5. The molecule has 0 amide bonds. The van der Waals surface area contributed by atoms with E-state index in [1.807, 2.05) is 54.6 Å². The minimum atomic E-state index is -3.48. The van der Waals surface area contributed by atoms with Crippen LogP contribution in [0.15, 0.2) is 54.6 Å². The smallest absolute Gasteiger partial charge is 0.212 e. The fraction of sp³-hybridized carbons (Fsp3) is 0.400. The highest BCUT2D eigenvalue weighted by molar-refractivity contribution is 7.89. The van der Waals surface area contributed by atoms with Crippen LogP contribution in [-0.4, -0.2) is 32.9 Å². The van der Waals surface area contributed by atoms with Gasteiger partial charge in [-0.3, -0.25) is 0 Å². The summed E-state index contributed by atoms with van der Waals surface area (Å²) in [6.45, 7) is 0.00657. The highest BCUT2D eigenvalue weighted by Crippen LogP contribution is 2.45. The topological polar surface area (TPSA) is 75.6 Å².